The number of carbonyl (C=O) groups excluding carboxylic acids is 2. The number of carbonyl (C=O) groups is 2. The van der Waals surface area contributed by atoms with E-state index in [0.717, 1.165) is 53.4 Å². The predicted octanol–water partition coefficient (Wildman–Crippen LogP) is 5.21. The smallest absolute Gasteiger partial charge is 0.242 e. The van der Waals surface area contributed by atoms with E-state index in [0.29, 0.717) is 0 Å². The first-order valence-corrected chi connectivity index (χ1v) is 11.4. The summed E-state index contributed by atoms with van der Waals surface area (Å²) in [6.45, 7) is 3.99. The minimum Gasteiger partial charge on any atom is -0.326 e. The summed E-state index contributed by atoms with van der Waals surface area (Å²) < 4.78 is 0. The minimum absolute atomic E-state index is 0.0123. The topological polar surface area (TPSA) is 61.8 Å². The lowest BCUT2D eigenvalue weighted by Gasteiger charge is -2.23. The Hall–Kier alpha value is -2.60. The number of aryl methyl sites for hydroxylation is 2. The molecule has 1 atom stereocenters. The van der Waals surface area contributed by atoms with Crippen molar-refractivity contribution in [1.82, 2.24) is 4.90 Å². The molecule has 0 spiro atoms. The Kier molecular flexibility index (Phi) is 6.23. The Morgan fingerprint density at radius 3 is 2.63 bits per heavy atom. The minimum atomic E-state index is -0.432. The van der Waals surface area contributed by atoms with Crippen molar-refractivity contribution in [3.63, 3.8) is 0 Å². The zero-order chi connectivity index (χ0) is 21.1. The third-order valence-corrected chi connectivity index (χ3v) is 6.82. The largest absolute Gasteiger partial charge is 0.326 e. The second-order valence-electron chi connectivity index (χ2n) is 8.05. The summed E-state index contributed by atoms with van der Waals surface area (Å²) in [5.41, 5.74) is 3.77. The highest BCUT2D eigenvalue weighted by atomic mass is 32.2. The number of anilines is 1. The van der Waals surface area contributed by atoms with Gasteiger partial charge in [-0.1, -0.05) is 54.9 Å². The van der Waals surface area contributed by atoms with Gasteiger partial charge in [-0.2, -0.15) is 0 Å². The Morgan fingerprint density at radius 2 is 1.90 bits per heavy atom. The van der Waals surface area contributed by atoms with Crippen LogP contribution in [0, 0.1) is 13.8 Å². The second-order valence-corrected chi connectivity index (χ2v) is 9.22. The number of amides is 2. The SMILES string of the molecule is Cc1cccc(N=C2S[C@H](CC(=O)Nc3ccccc3C)C(=O)N2C2CCCC2)c1. The van der Waals surface area contributed by atoms with Crippen LogP contribution in [0.25, 0.3) is 0 Å². The number of nitrogens with zero attached hydrogens (tertiary/aromatic N) is 2. The fraction of sp³-hybridized carbons (Fsp3) is 0.375. The lowest BCUT2D eigenvalue weighted by Crippen LogP contribution is -2.40. The van der Waals surface area contributed by atoms with Crippen LogP contribution in [0.3, 0.4) is 0 Å². The van der Waals surface area contributed by atoms with E-state index < -0.39 is 5.25 Å². The Balaban J connectivity index is 1.53. The standard InChI is InChI=1S/C24H27N3O2S/c1-16-8-7-10-18(14-16)25-24-27(19-11-4-5-12-19)23(29)21(30-24)15-22(28)26-20-13-6-3-9-17(20)2/h3,6-10,13-14,19,21H,4-5,11-12,15H2,1-2H3,(H,26,28)/t21-/m1/s1. The van der Waals surface area contributed by atoms with Crippen molar-refractivity contribution < 1.29 is 9.59 Å². The number of rotatable bonds is 5. The maximum atomic E-state index is 13.3. The molecule has 0 unspecified atom stereocenters. The average Bonchev–Trinajstić information content (AvgIpc) is 3.32. The van der Waals surface area contributed by atoms with Crippen molar-refractivity contribution in [3.05, 3.63) is 59.7 Å². The van der Waals surface area contributed by atoms with Crippen molar-refractivity contribution in [3.8, 4) is 0 Å². The molecule has 0 bridgehead atoms. The highest BCUT2D eigenvalue weighted by Gasteiger charge is 2.43. The number of hydrogen-bond acceptors (Lipinski definition) is 4. The molecule has 30 heavy (non-hydrogen) atoms. The van der Waals surface area contributed by atoms with Crippen LogP contribution in [0.4, 0.5) is 11.4 Å². The molecule has 1 heterocycles. The van der Waals surface area contributed by atoms with Gasteiger partial charge in [0.2, 0.25) is 11.8 Å². The first-order chi connectivity index (χ1) is 14.5. The maximum absolute atomic E-state index is 13.3. The summed E-state index contributed by atoms with van der Waals surface area (Å²) in [4.78, 5) is 32.6. The summed E-state index contributed by atoms with van der Waals surface area (Å²) >= 11 is 1.42. The first-order valence-electron chi connectivity index (χ1n) is 10.5. The van der Waals surface area contributed by atoms with Crippen molar-refractivity contribution >= 4 is 40.1 Å². The highest BCUT2D eigenvalue weighted by Crippen LogP contribution is 2.37. The van der Waals surface area contributed by atoms with Gasteiger partial charge >= 0.3 is 0 Å². The molecule has 6 heteroatoms. The zero-order valence-electron chi connectivity index (χ0n) is 17.4. The van der Waals surface area contributed by atoms with E-state index in [-0.39, 0.29) is 24.3 Å². The fourth-order valence-corrected chi connectivity index (χ4v) is 5.30. The predicted molar refractivity (Wildman–Crippen MR) is 123 cm³/mol. The van der Waals surface area contributed by atoms with Crippen LogP contribution in [-0.4, -0.2) is 33.2 Å². The summed E-state index contributed by atoms with van der Waals surface area (Å²) in [6, 6.07) is 15.8. The van der Waals surface area contributed by atoms with Crippen molar-refractivity contribution in [2.45, 2.75) is 57.2 Å². The third kappa shape index (κ3) is 4.59. The second kappa shape index (κ2) is 9.04. The first kappa shape index (κ1) is 20.7. The molecule has 0 aromatic heterocycles. The molecule has 1 N–H and O–H groups in total. The normalized spacial score (nSPS) is 20.9. The van der Waals surface area contributed by atoms with E-state index in [1.54, 1.807) is 0 Å². The van der Waals surface area contributed by atoms with Gasteiger partial charge < -0.3 is 5.32 Å². The van der Waals surface area contributed by atoms with Gasteiger partial charge in [-0.25, -0.2) is 4.99 Å². The molecule has 1 aliphatic carbocycles. The van der Waals surface area contributed by atoms with Crippen molar-refractivity contribution in [2.24, 2.45) is 4.99 Å². The molecule has 4 rings (SSSR count). The van der Waals surface area contributed by atoms with Crippen LogP contribution < -0.4 is 5.32 Å². The van der Waals surface area contributed by atoms with Crippen molar-refractivity contribution in [2.75, 3.05) is 5.32 Å². The number of para-hydroxylation sites is 1. The van der Waals surface area contributed by atoms with Gasteiger partial charge in [0.05, 0.1) is 5.69 Å². The van der Waals surface area contributed by atoms with Crippen LogP contribution in [0.15, 0.2) is 53.5 Å². The monoisotopic (exact) mass is 421 g/mol. The Morgan fingerprint density at radius 1 is 1.13 bits per heavy atom. The summed E-state index contributed by atoms with van der Waals surface area (Å²) in [7, 11) is 0. The van der Waals surface area contributed by atoms with Gasteiger partial charge in [-0.3, -0.25) is 14.5 Å². The summed E-state index contributed by atoms with van der Waals surface area (Å²) in [5, 5.41) is 3.25. The molecule has 5 nitrogen and oxygen atoms in total. The van der Waals surface area contributed by atoms with Gasteiger partial charge in [0.15, 0.2) is 5.17 Å². The van der Waals surface area contributed by atoms with E-state index in [1.807, 2.05) is 67.3 Å². The van der Waals surface area contributed by atoms with Crippen LogP contribution in [-0.2, 0) is 9.59 Å². The lowest BCUT2D eigenvalue weighted by molar-refractivity contribution is -0.129. The molecular weight excluding hydrogens is 394 g/mol. The molecule has 2 amide bonds. The maximum Gasteiger partial charge on any atom is 0.242 e. The van der Waals surface area contributed by atoms with Crippen LogP contribution in [0.1, 0.15) is 43.2 Å². The number of benzene rings is 2. The molecule has 2 fully saturated rings. The van der Waals surface area contributed by atoms with Crippen LogP contribution in [0.2, 0.25) is 0 Å². The van der Waals surface area contributed by atoms with E-state index in [9.17, 15) is 9.59 Å². The average molecular weight is 422 g/mol. The quantitative estimate of drug-likeness (QED) is 0.721. The lowest BCUT2D eigenvalue weighted by atomic mass is 10.1. The molecule has 1 saturated heterocycles. The molecule has 1 saturated carbocycles. The van der Waals surface area contributed by atoms with Gasteiger partial charge in [-0.15, -0.1) is 0 Å². The molecule has 1 aliphatic heterocycles. The molecule has 156 valence electrons. The Bertz CT molecular complexity index is 982. The Labute approximate surface area is 182 Å². The zero-order valence-corrected chi connectivity index (χ0v) is 18.2. The number of thioether (sulfide) groups is 1. The van der Waals surface area contributed by atoms with Gasteiger partial charge in [0.1, 0.15) is 5.25 Å². The number of nitrogens with one attached hydrogen (secondary N) is 1. The molecule has 2 aromatic rings. The fourth-order valence-electron chi connectivity index (χ4n) is 4.08. The molecule has 2 aromatic carbocycles. The third-order valence-electron chi connectivity index (χ3n) is 5.67. The van der Waals surface area contributed by atoms with E-state index in [4.69, 9.17) is 4.99 Å². The van der Waals surface area contributed by atoms with E-state index >= 15 is 0 Å². The molecular formula is C24H27N3O2S. The molecule has 2 aliphatic rings. The van der Waals surface area contributed by atoms with E-state index in [1.165, 1.54) is 11.8 Å². The summed E-state index contributed by atoms with van der Waals surface area (Å²) in [6.07, 6.45) is 4.42. The summed E-state index contributed by atoms with van der Waals surface area (Å²) in [5.74, 6) is -0.128. The van der Waals surface area contributed by atoms with Gasteiger partial charge in [-0.05, 0) is 56.0 Å². The highest BCUT2D eigenvalue weighted by molar-refractivity contribution is 8.15. The van der Waals surface area contributed by atoms with Gasteiger partial charge in [0.25, 0.3) is 0 Å². The number of aliphatic imine (C=N–C) groups is 1. The van der Waals surface area contributed by atoms with Gasteiger partial charge in [0, 0.05) is 18.2 Å². The van der Waals surface area contributed by atoms with E-state index in [2.05, 4.69) is 5.32 Å². The molecule has 0 radical (unpaired) electrons. The van der Waals surface area contributed by atoms with Crippen LogP contribution in [0.5, 0.6) is 0 Å². The number of amidine groups is 1. The van der Waals surface area contributed by atoms with Crippen LogP contribution >= 0.6 is 11.8 Å². The number of hydrogen-bond donors (Lipinski definition) is 1. The van der Waals surface area contributed by atoms with Crippen molar-refractivity contribution in [1.29, 1.82) is 0 Å².